The van der Waals surface area contributed by atoms with Crippen molar-refractivity contribution < 1.29 is 4.74 Å². The highest BCUT2D eigenvalue weighted by molar-refractivity contribution is 7.80. The molecule has 5 heteroatoms. The SMILES string of the molecule is CCOC(=S)C1(Cl)C=CNC(C)=N1. The Morgan fingerprint density at radius 1 is 1.85 bits per heavy atom. The van der Waals surface area contributed by atoms with E-state index in [4.69, 9.17) is 28.6 Å². The van der Waals surface area contributed by atoms with Gasteiger partial charge in [0.2, 0.25) is 10.0 Å². The first-order valence-corrected chi connectivity index (χ1v) is 4.74. The zero-order valence-electron chi connectivity index (χ0n) is 7.50. The number of alkyl halides is 1. The minimum absolute atomic E-state index is 0.286. The molecular formula is C8H11ClN2OS. The van der Waals surface area contributed by atoms with Crippen LogP contribution in [0.15, 0.2) is 17.3 Å². The topological polar surface area (TPSA) is 33.6 Å². The highest BCUT2D eigenvalue weighted by Gasteiger charge is 2.32. The molecule has 1 aliphatic heterocycles. The van der Waals surface area contributed by atoms with E-state index < -0.39 is 5.00 Å². The number of nitrogens with one attached hydrogen (secondary N) is 1. The summed E-state index contributed by atoms with van der Waals surface area (Å²) in [6.45, 7) is 4.17. The van der Waals surface area contributed by atoms with Crippen molar-refractivity contribution in [2.45, 2.75) is 18.8 Å². The lowest BCUT2D eigenvalue weighted by Gasteiger charge is -2.23. The average molecular weight is 219 g/mol. The molecule has 1 heterocycles. The maximum absolute atomic E-state index is 6.12. The van der Waals surface area contributed by atoms with Crippen molar-refractivity contribution in [1.29, 1.82) is 0 Å². The predicted octanol–water partition coefficient (Wildman–Crippen LogP) is 1.82. The van der Waals surface area contributed by atoms with E-state index >= 15 is 0 Å². The highest BCUT2D eigenvalue weighted by Crippen LogP contribution is 2.24. The maximum Gasteiger partial charge on any atom is 0.222 e. The lowest BCUT2D eigenvalue weighted by atomic mass is 10.3. The van der Waals surface area contributed by atoms with Gasteiger partial charge in [0.15, 0.2) is 0 Å². The highest BCUT2D eigenvalue weighted by atomic mass is 35.5. The van der Waals surface area contributed by atoms with Gasteiger partial charge in [0, 0.05) is 6.20 Å². The molecule has 0 amide bonds. The average Bonchev–Trinajstić information content (AvgIpc) is 2.04. The summed E-state index contributed by atoms with van der Waals surface area (Å²) in [5.74, 6) is 0.722. The summed E-state index contributed by atoms with van der Waals surface area (Å²) in [6, 6.07) is 0. The first-order valence-electron chi connectivity index (χ1n) is 3.95. The number of aliphatic imine (C=N–C) groups is 1. The minimum atomic E-state index is -1.01. The second kappa shape index (κ2) is 4.07. The smallest absolute Gasteiger partial charge is 0.222 e. The molecule has 0 aromatic carbocycles. The van der Waals surface area contributed by atoms with Crippen LogP contribution < -0.4 is 5.32 Å². The molecule has 1 atom stereocenters. The largest absolute Gasteiger partial charge is 0.484 e. The number of hydrogen-bond donors (Lipinski definition) is 1. The van der Waals surface area contributed by atoms with E-state index in [0.29, 0.717) is 6.61 Å². The van der Waals surface area contributed by atoms with E-state index in [-0.39, 0.29) is 5.05 Å². The Kier molecular flexibility index (Phi) is 3.27. The fraction of sp³-hybridized carbons (Fsp3) is 0.500. The Morgan fingerprint density at radius 3 is 3.08 bits per heavy atom. The van der Waals surface area contributed by atoms with Gasteiger partial charge in [-0.25, -0.2) is 4.99 Å². The molecule has 1 rings (SSSR count). The molecule has 0 spiro atoms. The van der Waals surface area contributed by atoms with Gasteiger partial charge in [-0.3, -0.25) is 0 Å². The third-order valence-electron chi connectivity index (χ3n) is 1.49. The van der Waals surface area contributed by atoms with Gasteiger partial charge in [0.1, 0.15) is 5.84 Å². The van der Waals surface area contributed by atoms with Crippen molar-refractivity contribution in [1.82, 2.24) is 5.32 Å². The quantitative estimate of drug-likeness (QED) is 0.436. The molecule has 1 N–H and O–H groups in total. The lowest BCUT2D eigenvalue weighted by molar-refractivity contribution is 0.322. The summed E-state index contributed by atoms with van der Waals surface area (Å²) in [7, 11) is 0. The molecule has 0 aromatic rings. The van der Waals surface area contributed by atoms with Crippen LogP contribution in [0.1, 0.15) is 13.8 Å². The fourth-order valence-corrected chi connectivity index (χ4v) is 1.41. The third kappa shape index (κ3) is 2.42. The fourth-order valence-electron chi connectivity index (χ4n) is 0.932. The molecule has 1 unspecified atom stereocenters. The predicted molar refractivity (Wildman–Crippen MR) is 58.2 cm³/mol. The monoisotopic (exact) mass is 218 g/mol. The molecule has 72 valence electrons. The molecule has 0 saturated heterocycles. The summed E-state index contributed by atoms with van der Waals surface area (Å²) >= 11 is 11.1. The molecule has 0 aliphatic carbocycles. The number of rotatable bonds is 2. The second-order valence-corrected chi connectivity index (χ2v) is 3.52. The van der Waals surface area contributed by atoms with Gasteiger partial charge in [-0.1, -0.05) is 11.6 Å². The van der Waals surface area contributed by atoms with Crippen LogP contribution in [0.4, 0.5) is 0 Å². The van der Waals surface area contributed by atoms with E-state index in [9.17, 15) is 0 Å². The van der Waals surface area contributed by atoms with Gasteiger partial charge in [-0.05, 0) is 32.1 Å². The van der Waals surface area contributed by atoms with Gasteiger partial charge in [0.25, 0.3) is 0 Å². The number of thiocarbonyl (C=S) groups is 1. The molecule has 0 bridgehead atoms. The summed E-state index contributed by atoms with van der Waals surface area (Å²) in [4.78, 5) is 3.14. The molecule has 1 aliphatic rings. The Balaban J connectivity index is 2.80. The van der Waals surface area contributed by atoms with E-state index in [1.807, 2.05) is 13.8 Å². The Labute approximate surface area is 87.8 Å². The van der Waals surface area contributed by atoms with Crippen LogP contribution in [0.25, 0.3) is 0 Å². The molecule has 3 nitrogen and oxygen atoms in total. The van der Waals surface area contributed by atoms with E-state index in [2.05, 4.69) is 10.3 Å². The number of nitrogens with zero attached hydrogens (tertiary/aromatic N) is 1. The minimum Gasteiger partial charge on any atom is -0.484 e. The van der Waals surface area contributed by atoms with Gasteiger partial charge in [-0.2, -0.15) is 0 Å². The zero-order valence-corrected chi connectivity index (χ0v) is 9.08. The normalized spacial score (nSPS) is 26.2. The van der Waals surface area contributed by atoms with E-state index in [1.165, 1.54) is 0 Å². The van der Waals surface area contributed by atoms with E-state index in [0.717, 1.165) is 5.84 Å². The molecule has 13 heavy (non-hydrogen) atoms. The molecule has 0 radical (unpaired) electrons. The van der Waals surface area contributed by atoms with Gasteiger partial charge < -0.3 is 10.1 Å². The lowest BCUT2D eigenvalue weighted by Crippen LogP contribution is -2.35. The van der Waals surface area contributed by atoms with Crippen molar-refractivity contribution in [2.24, 2.45) is 4.99 Å². The summed E-state index contributed by atoms with van der Waals surface area (Å²) < 4.78 is 5.15. The summed E-state index contributed by atoms with van der Waals surface area (Å²) in [5.41, 5.74) is 0. The van der Waals surface area contributed by atoms with E-state index in [1.54, 1.807) is 12.3 Å². The van der Waals surface area contributed by atoms with Crippen LogP contribution in [0, 0.1) is 0 Å². The molecule has 0 aromatic heterocycles. The summed E-state index contributed by atoms with van der Waals surface area (Å²) in [6.07, 6.45) is 3.38. The van der Waals surface area contributed by atoms with Crippen LogP contribution in [0.2, 0.25) is 0 Å². The van der Waals surface area contributed by atoms with Gasteiger partial charge >= 0.3 is 0 Å². The van der Waals surface area contributed by atoms with Crippen LogP contribution in [0.3, 0.4) is 0 Å². The zero-order chi connectivity index (χ0) is 9.90. The van der Waals surface area contributed by atoms with Crippen LogP contribution in [-0.2, 0) is 4.74 Å². The van der Waals surface area contributed by atoms with Crippen molar-refractivity contribution in [3.63, 3.8) is 0 Å². The van der Waals surface area contributed by atoms with Crippen LogP contribution in [0.5, 0.6) is 0 Å². The second-order valence-electron chi connectivity index (χ2n) is 2.57. The van der Waals surface area contributed by atoms with Crippen molar-refractivity contribution in [3.05, 3.63) is 12.3 Å². The van der Waals surface area contributed by atoms with Crippen molar-refractivity contribution in [3.8, 4) is 0 Å². The number of ether oxygens (including phenoxy) is 1. The van der Waals surface area contributed by atoms with Crippen LogP contribution in [-0.4, -0.2) is 22.5 Å². The van der Waals surface area contributed by atoms with Gasteiger partial charge in [0.05, 0.1) is 6.61 Å². The van der Waals surface area contributed by atoms with Crippen molar-refractivity contribution in [2.75, 3.05) is 6.61 Å². The maximum atomic E-state index is 6.12. The Morgan fingerprint density at radius 2 is 2.54 bits per heavy atom. The van der Waals surface area contributed by atoms with Crippen LogP contribution >= 0.6 is 23.8 Å². The summed E-state index contributed by atoms with van der Waals surface area (Å²) in [5, 5.41) is 3.19. The Bertz CT molecular complexity index is 277. The van der Waals surface area contributed by atoms with Gasteiger partial charge in [-0.15, -0.1) is 0 Å². The first kappa shape index (κ1) is 10.5. The molecule has 0 saturated carbocycles. The molecule has 0 fully saturated rings. The Hall–Kier alpha value is -0.610. The van der Waals surface area contributed by atoms with Crippen molar-refractivity contribution >= 4 is 34.7 Å². The number of halogens is 1. The third-order valence-corrected chi connectivity index (χ3v) is 2.41. The first-order chi connectivity index (χ1) is 6.08. The molecular weight excluding hydrogens is 208 g/mol. The standard InChI is InChI=1S/C8H11ClN2OS/c1-3-12-7(13)8(9)4-5-10-6(2)11-8/h4-5H,3H2,1-2H3,(H,10,11). The number of amidine groups is 1. The number of hydrogen-bond acceptors (Lipinski definition) is 4.